The van der Waals surface area contributed by atoms with E-state index in [4.69, 9.17) is 4.74 Å². The molecule has 0 bridgehead atoms. The van der Waals surface area contributed by atoms with E-state index in [1.54, 1.807) is 31.4 Å². The lowest BCUT2D eigenvalue weighted by molar-refractivity contribution is -0.140. The number of methoxy groups -OCH3 is 1. The van der Waals surface area contributed by atoms with E-state index in [0.717, 1.165) is 15.8 Å². The molecule has 0 atom stereocenters. The fraction of sp³-hybridized carbons (Fsp3) is 0.333. The third-order valence-corrected chi connectivity index (χ3v) is 5.99. The predicted molar refractivity (Wildman–Crippen MR) is 135 cm³/mol. The Bertz CT molecular complexity index is 1350. The summed E-state index contributed by atoms with van der Waals surface area (Å²) in [6.45, 7) is 1.88. The van der Waals surface area contributed by atoms with Crippen molar-refractivity contribution in [3.05, 3.63) is 65.2 Å². The maximum absolute atomic E-state index is 14.5. The molecular weight excluding hydrogens is 472 g/mol. The van der Waals surface area contributed by atoms with Crippen molar-refractivity contribution >= 4 is 22.3 Å². The van der Waals surface area contributed by atoms with E-state index in [2.05, 4.69) is 22.5 Å². The third-order valence-electron chi connectivity index (χ3n) is 5.99. The first-order valence-electron chi connectivity index (χ1n) is 11.5. The van der Waals surface area contributed by atoms with Crippen LogP contribution in [0.2, 0.25) is 0 Å². The summed E-state index contributed by atoms with van der Waals surface area (Å²) in [5.41, 5.74) is 3.39. The number of aryl methyl sites for hydroxylation is 1. The molecule has 5 nitrogen and oxygen atoms in total. The molecule has 1 aromatic heterocycles. The molecule has 2 N–H and O–H groups in total. The molecule has 4 rings (SSSR count). The standard InChI is InChI=1S/C27H28F4N4O/c1-18-9-10-24(26(14-18)36-3)32-12-5-6-19-15-20-22(33-23-11-13-34(2)16-21(23)28)7-4-8-25(20)35(19)17-27(29,30)31/h4,7-10,14-15,32-33H,11-13,16-17H2,1-3H3. The van der Waals surface area contributed by atoms with Crippen molar-refractivity contribution in [2.75, 3.05) is 44.4 Å². The molecule has 0 radical (unpaired) electrons. The zero-order valence-corrected chi connectivity index (χ0v) is 20.4. The molecule has 0 spiro atoms. The Kier molecular flexibility index (Phi) is 7.45. The fourth-order valence-electron chi connectivity index (χ4n) is 4.21. The van der Waals surface area contributed by atoms with E-state index in [-0.39, 0.29) is 24.6 Å². The average molecular weight is 501 g/mol. The Morgan fingerprint density at radius 2 is 1.92 bits per heavy atom. The van der Waals surface area contributed by atoms with Gasteiger partial charge in [0.1, 0.15) is 18.1 Å². The second-order valence-electron chi connectivity index (χ2n) is 8.82. The molecule has 9 heteroatoms. The van der Waals surface area contributed by atoms with Crippen LogP contribution in [0.4, 0.5) is 28.9 Å². The number of nitrogens with zero attached hydrogens (tertiary/aromatic N) is 2. The summed E-state index contributed by atoms with van der Waals surface area (Å²) in [6, 6.07) is 12.3. The molecule has 2 heterocycles. The van der Waals surface area contributed by atoms with E-state index in [1.165, 1.54) is 0 Å². The molecule has 0 saturated heterocycles. The van der Waals surface area contributed by atoms with Gasteiger partial charge in [0.25, 0.3) is 0 Å². The van der Waals surface area contributed by atoms with Gasteiger partial charge in [-0.1, -0.05) is 18.1 Å². The second kappa shape index (κ2) is 10.5. The number of alkyl halides is 3. The van der Waals surface area contributed by atoms with Crippen LogP contribution in [0.15, 0.2) is 54.0 Å². The van der Waals surface area contributed by atoms with E-state index in [9.17, 15) is 17.6 Å². The van der Waals surface area contributed by atoms with Crippen molar-refractivity contribution < 1.29 is 22.3 Å². The molecule has 1 aliphatic heterocycles. The molecule has 3 aromatic rings. The first-order valence-corrected chi connectivity index (χ1v) is 11.5. The monoisotopic (exact) mass is 500 g/mol. The Morgan fingerprint density at radius 3 is 2.64 bits per heavy atom. The zero-order chi connectivity index (χ0) is 25.9. The third kappa shape index (κ3) is 5.94. The Labute approximate surface area is 207 Å². The summed E-state index contributed by atoms with van der Waals surface area (Å²) in [6.07, 6.45) is -3.94. The van der Waals surface area contributed by atoms with Gasteiger partial charge in [0, 0.05) is 29.7 Å². The highest BCUT2D eigenvalue weighted by molar-refractivity contribution is 5.94. The van der Waals surface area contributed by atoms with Crippen LogP contribution in [-0.2, 0) is 6.54 Å². The highest BCUT2D eigenvalue weighted by Gasteiger charge is 2.30. The summed E-state index contributed by atoms with van der Waals surface area (Å²) < 4.78 is 61.3. The Hall–Kier alpha value is -3.64. The van der Waals surface area contributed by atoms with Crippen molar-refractivity contribution in [1.29, 1.82) is 0 Å². The largest absolute Gasteiger partial charge is 0.495 e. The van der Waals surface area contributed by atoms with Crippen LogP contribution in [0, 0.1) is 18.8 Å². The smallest absolute Gasteiger partial charge is 0.406 e. The van der Waals surface area contributed by atoms with Gasteiger partial charge in [0.2, 0.25) is 0 Å². The first kappa shape index (κ1) is 25.5. The Morgan fingerprint density at radius 1 is 1.11 bits per heavy atom. The van der Waals surface area contributed by atoms with Crippen LogP contribution in [0.3, 0.4) is 0 Å². The van der Waals surface area contributed by atoms with Crippen molar-refractivity contribution in [1.82, 2.24) is 9.47 Å². The summed E-state index contributed by atoms with van der Waals surface area (Å²) in [7, 11) is 3.41. The van der Waals surface area contributed by atoms with Crippen LogP contribution in [-0.4, -0.2) is 49.4 Å². The fourth-order valence-corrected chi connectivity index (χ4v) is 4.21. The highest BCUT2D eigenvalue weighted by atomic mass is 19.4. The highest BCUT2D eigenvalue weighted by Crippen LogP contribution is 2.32. The molecule has 0 saturated carbocycles. The molecule has 190 valence electrons. The quantitative estimate of drug-likeness (QED) is 0.326. The second-order valence-corrected chi connectivity index (χ2v) is 8.82. The number of benzene rings is 2. The molecule has 1 aliphatic rings. The van der Waals surface area contributed by atoms with Crippen LogP contribution >= 0.6 is 0 Å². The van der Waals surface area contributed by atoms with Crippen molar-refractivity contribution in [2.24, 2.45) is 0 Å². The van der Waals surface area contributed by atoms with E-state index in [0.29, 0.717) is 41.0 Å². The molecule has 0 unspecified atom stereocenters. The van der Waals surface area contributed by atoms with Crippen LogP contribution in [0.25, 0.3) is 10.9 Å². The van der Waals surface area contributed by atoms with Gasteiger partial charge in [-0.2, -0.15) is 13.2 Å². The lowest BCUT2D eigenvalue weighted by atomic mass is 10.1. The maximum atomic E-state index is 14.5. The van der Waals surface area contributed by atoms with Gasteiger partial charge in [0.15, 0.2) is 0 Å². The van der Waals surface area contributed by atoms with Gasteiger partial charge in [0.05, 0.1) is 37.1 Å². The van der Waals surface area contributed by atoms with Gasteiger partial charge in [-0.15, -0.1) is 0 Å². The van der Waals surface area contributed by atoms with Gasteiger partial charge in [-0.25, -0.2) is 4.39 Å². The number of likely N-dealkylation sites (N-methyl/N-ethyl adjacent to an activating group) is 1. The number of hydrogen-bond donors (Lipinski definition) is 2. The van der Waals surface area contributed by atoms with Crippen molar-refractivity contribution in [3.63, 3.8) is 0 Å². The topological polar surface area (TPSA) is 41.5 Å². The number of aromatic nitrogens is 1. The number of anilines is 2. The molecule has 0 fully saturated rings. The molecule has 0 amide bonds. The molecule has 2 aromatic carbocycles. The number of halogens is 4. The van der Waals surface area contributed by atoms with Crippen molar-refractivity contribution in [3.8, 4) is 17.6 Å². The normalized spacial score (nSPS) is 14.5. The first-order chi connectivity index (χ1) is 17.1. The number of ether oxygens (including phenoxy) is 1. The number of fused-ring (bicyclic) bond motifs is 1. The molecule has 36 heavy (non-hydrogen) atoms. The SMILES string of the molecule is COc1cc(C)ccc1NCC#Cc1cc2c(NC3=C(F)CN(C)CC3)cccc2n1CC(F)(F)F. The lowest BCUT2D eigenvalue weighted by Crippen LogP contribution is -2.28. The van der Waals surface area contributed by atoms with E-state index in [1.807, 2.05) is 37.1 Å². The number of rotatable bonds is 6. The summed E-state index contributed by atoms with van der Waals surface area (Å²) in [5, 5.41) is 6.81. The van der Waals surface area contributed by atoms with Gasteiger partial charge in [-0.05, 0) is 55.8 Å². The van der Waals surface area contributed by atoms with E-state index >= 15 is 0 Å². The molecular formula is C27H28F4N4O. The summed E-state index contributed by atoms with van der Waals surface area (Å²) >= 11 is 0. The summed E-state index contributed by atoms with van der Waals surface area (Å²) in [5.74, 6) is 6.19. The minimum atomic E-state index is -4.43. The minimum Gasteiger partial charge on any atom is -0.495 e. The van der Waals surface area contributed by atoms with Crippen LogP contribution < -0.4 is 15.4 Å². The van der Waals surface area contributed by atoms with Crippen LogP contribution in [0.5, 0.6) is 5.75 Å². The summed E-state index contributed by atoms with van der Waals surface area (Å²) in [4.78, 5) is 1.87. The number of hydrogen-bond acceptors (Lipinski definition) is 4. The van der Waals surface area contributed by atoms with Gasteiger partial charge < -0.3 is 19.9 Å². The Balaban J connectivity index is 1.64. The molecule has 0 aliphatic carbocycles. The number of nitrogens with one attached hydrogen (secondary N) is 2. The van der Waals surface area contributed by atoms with E-state index < -0.39 is 12.7 Å². The zero-order valence-electron chi connectivity index (χ0n) is 20.4. The lowest BCUT2D eigenvalue weighted by Gasteiger charge is -2.24. The average Bonchev–Trinajstić information content (AvgIpc) is 3.16. The maximum Gasteiger partial charge on any atom is 0.406 e. The van der Waals surface area contributed by atoms with Crippen LogP contribution in [0.1, 0.15) is 17.7 Å². The van der Waals surface area contributed by atoms with Gasteiger partial charge >= 0.3 is 6.18 Å². The minimum absolute atomic E-state index is 0.197. The van der Waals surface area contributed by atoms with Crippen molar-refractivity contribution in [2.45, 2.75) is 26.1 Å². The predicted octanol–water partition coefficient (Wildman–Crippen LogP) is 5.91. The van der Waals surface area contributed by atoms with Gasteiger partial charge in [-0.3, -0.25) is 4.90 Å².